The van der Waals surface area contributed by atoms with Crippen LogP contribution >= 0.6 is 15.9 Å². The summed E-state index contributed by atoms with van der Waals surface area (Å²) < 4.78 is 11.0. The van der Waals surface area contributed by atoms with E-state index in [1.807, 2.05) is 30.3 Å². The van der Waals surface area contributed by atoms with Crippen LogP contribution in [-0.4, -0.2) is 18.2 Å². The molecule has 0 unspecified atom stereocenters. The number of ether oxygens (including phenoxy) is 1. The van der Waals surface area contributed by atoms with Gasteiger partial charge in [-0.15, -0.1) is 0 Å². The molecular formula is C15H10BrNO3. The number of nitrogens with zero attached hydrogens (tertiary/aromatic N) is 1. The van der Waals surface area contributed by atoms with Crippen molar-refractivity contribution >= 4 is 32.9 Å². The van der Waals surface area contributed by atoms with Crippen molar-refractivity contribution in [3.63, 3.8) is 0 Å². The minimum Gasteiger partial charge on any atom is -0.465 e. The van der Waals surface area contributed by atoms with Crippen LogP contribution in [0.1, 0.15) is 10.4 Å². The van der Waals surface area contributed by atoms with Crippen LogP contribution in [0.3, 0.4) is 0 Å². The minimum absolute atomic E-state index is 0.399. The second-order valence-electron chi connectivity index (χ2n) is 4.18. The second-order valence-corrected chi connectivity index (χ2v) is 5.04. The van der Waals surface area contributed by atoms with Crippen LogP contribution in [0.5, 0.6) is 0 Å². The summed E-state index contributed by atoms with van der Waals surface area (Å²) in [5.41, 5.74) is 2.42. The predicted octanol–water partition coefficient (Wildman–Crippen LogP) is 4.04. The molecule has 0 atom stereocenters. The summed E-state index contributed by atoms with van der Waals surface area (Å²) in [4.78, 5) is 11.9. The van der Waals surface area contributed by atoms with Gasteiger partial charge in [0.05, 0.1) is 18.1 Å². The van der Waals surface area contributed by atoms with Crippen molar-refractivity contribution in [3.05, 3.63) is 52.5 Å². The number of methoxy groups -OCH3 is 1. The number of benzene rings is 2. The van der Waals surface area contributed by atoms with E-state index >= 15 is 0 Å². The Morgan fingerprint density at radius 3 is 2.80 bits per heavy atom. The number of rotatable bonds is 2. The van der Waals surface area contributed by atoms with E-state index in [2.05, 4.69) is 21.1 Å². The Morgan fingerprint density at radius 2 is 2.00 bits per heavy atom. The van der Waals surface area contributed by atoms with Crippen molar-refractivity contribution in [1.29, 1.82) is 0 Å². The lowest BCUT2D eigenvalue weighted by Crippen LogP contribution is -2.03. The number of aromatic nitrogens is 1. The maximum Gasteiger partial charge on any atom is 0.338 e. The van der Waals surface area contributed by atoms with Gasteiger partial charge in [-0.1, -0.05) is 29.4 Å². The zero-order valence-corrected chi connectivity index (χ0v) is 12.2. The quantitative estimate of drug-likeness (QED) is 0.665. The van der Waals surface area contributed by atoms with Gasteiger partial charge in [0, 0.05) is 10.0 Å². The molecule has 0 aliphatic carbocycles. The van der Waals surface area contributed by atoms with Gasteiger partial charge in [0.15, 0.2) is 5.58 Å². The van der Waals surface area contributed by atoms with Gasteiger partial charge in [-0.25, -0.2) is 4.79 Å². The first-order chi connectivity index (χ1) is 9.72. The number of esters is 1. The molecule has 4 nitrogen and oxygen atoms in total. The lowest BCUT2D eigenvalue weighted by molar-refractivity contribution is 0.0601. The summed E-state index contributed by atoms with van der Waals surface area (Å²) >= 11 is 3.49. The number of fused-ring (bicyclic) bond motifs is 1. The van der Waals surface area contributed by atoms with Gasteiger partial charge >= 0.3 is 5.97 Å². The number of carbonyl (C=O) groups excluding carboxylic acids is 1. The van der Waals surface area contributed by atoms with Crippen LogP contribution in [0, 0.1) is 0 Å². The van der Waals surface area contributed by atoms with Gasteiger partial charge in [0.25, 0.3) is 0 Å². The molecule has 100 valence electrons. The van der Waals surface area contributed by atoms with Crippen LogP contribution in [-0.2, 0) is 4.74 Å². The van der Waals surface area contributed by atoms with E-state index in [-0.39, 0.29) is 0 Å². The molecule has 0 spiro atoms. The smallest absolute Gasteiger partial charge is 0.338 e. The Labute approximate surface area is 123 Å². The molecule has 0 aliphatic rings. The van der Waals surface area contributed by atoms with Crippen LogP contribution < -0.4 is 0 Å². The molecule has 0 bridgehead atoms. The molecule has 0 saturated heterocycles. The fourth-order valence-corrected chi connectivity index (χ4v) is 2.65. The highest BCUT2D eigenvalue weighted by Gasteiger charge is 2.19. The second kappa shape index (κ2) is 5.09. The highest BCUT2D eigenvalue weighted by molar-refractivity contribution is 9.10. The Hall–Kier alpha value is -2.14. The highest BCUT2D eigenvalue weighted by atomic mass is 79.9. The van der Waals surface area contributed by atoms with E-state index in [1.54, 1.807) is 12.1 Å². The zero-order chi connectivity index (χ0) is 14.1. The summed E-state index contributed by atoms with van der Waals surface area (Å²) in [6.07, 6.45) is 0. The highest BCUT2D eigenvalue weighted by Crippen LogP contribution is 2.35. The van der Waals surface area contributed by atoms with E-state index in [1.165, 1.54) is 7.11 Å². The van der Waals surface area contributed by atoms with Gasteiger partial charge in [-0.2, -0.15) is 0 Å². The maximum absolute atomic E-state index is 11.9. The molecule has 1 heterocycles. The first-order valence-corrected chi connectivity index (χ1v) is 6.73. The van der Waals surface area contributed by atoms with E-state index in [9.17, 15) is 4.79 Å². The largest absolute Gasteiger partial charge is 0.465 e. The van der Waals surface area contributed by atoms with Crippen molar-refractivity contribution < 1.29 is 14.1 Å². The Bertz CT molecular complexity index is 795. The van der Waals surface area contributed by atoms with E-state index in [0.717, 1.165) is 9.86 Å². The molecule has 5 heteroatoms. The SMILES string of the molecule is COC(=O)c1ccccc1-c1noc2cccc(Br)c12. The lowest BCUT2D eigenvalue weighted by Gasteiger charge is -2.05. The van der Waals surface area contributed by atoms with Gasteiger partial charge in [-0.05, 0) is 34.1 Å². The van der Waals surface area contributed by atoms with E-state index in [0.29, 0.717) is 22.4 Å². The summed E-state index contributed by atoms with van der Waals surface area (Å²) in [5.74, 6) is -0.399. The van der Waals surface area contributed by atoms with Crippen LogP contribution in [0.15, 0.2) is 51.5 Å². The van der Waals surface area contributed by atoms with E-state index < -0.39 is 5.97 Å². The molecule has 2 aromatic carbocycles. The summed E-state index contributed by atoms with van der Waals surface area (Å²) in [6, 6.07) is 12.8. The monoisotopic (exact) mass is 331 g/mol. The van der Waals surface area contributed by atoms with Crippen molar-refractivity contribution in [2.24, 2.45) is 0 Å². The average molecular weight is 332 g/mol. The van der Waals surface area contributed by atoms with Gasteiger partial charge in [0.2, 0.25) is 0 Å². The van der Waals surface area contributed by atoms with Gasteiger partial charge < -0.3 is 9.26 Å². The lowest BCUT2D eigenvalue weighted by atomic mass is 10.0. The third kappa shape index (κ3) is 2.00. The normalized spacial score (nSPS) is 10.7. The number of halogens is 1. The first kappa shape index (κ1) is 12.9. The molecule has 3 rings (SSSR count). The molecule has 0 aliphatic heterocycles. The maximum atomic E-state index is 11.9. The topological polar surface area (TPSA) is 52.3 Å². The van der Waals surface area contributed by atoms with Crippen molar-refractivity contribution in [1.82, 2.24) is 5.16 Å². The first-order valence-electron chi connectivity index (χ1n) is 5.94. The Kier molecular flexibility index (Phi) is 3.28. The third-order valence-corrected chi connectivity index (χ3v) is 3.70. The zero-order valence-electron chi connectivity index (χ0n) is 10.6. The van der Waals surface area contributed by atoms with Crippen LogP contribution in [0.4, 0.5) is 0 Å². The van der Waals surface area contributed by atoms with Crippen molar-refractivity contribution in [2.75, 3.05) is 7.11 Å². The number of hydrogen-bond donors (Lipinski definition) is 0. The fraction of sp³-hybridized carbons (Fsp3) is 0.0667. The molecule has 3 aromatic rings. The molecule has 0 saturated carbocycles. The fourth-order valence-electron chi connectivity index (χ4n) is 2.11. The number of hydrogen-bond acceptors (Lipinski definition) is 4. The summed E-state index contributed by atoms with van der Waals surface area (Å²) in [5, 5.41) is 4.93. The van der Waals surface area contributed by atoms with E-state index in [4.69, 9.17) is 9.26 Å². The summed E-state index contributed by atoms with van der Waals surface area (Å²) in [7, 11) is 1.36. The Morgan fingerprint density at radius 1 is 1.20 bits per heavy atom. The third-order valence-electron chi connectivity index (χ3n) is 3.03. The minimum atomic E-state index is -0.399. The molecule has 0 fully saturated rings. The van der Waals surface area contributed by atoms with Crippen LogP contribution in [0.25, 0.3) is 22.2 Å². The molecule has 20 heavy (non-hydrogen) atoms. The molecule has 0 radical (unpaired) electrons. The molecular weight excluding hydrogens is 322 g/mol. The summed E-state index contributed by atoms with van der Waals surface area (Å²) in [6.45, 7) is 0. The average Bonchev–Trinajstić information content (AvgIpc) is 2.92. The molecule has 0 N–H and O–H groups in total. The molecule has 1 aromatic heterocycles. The van der Waals surface area contributed by atoms with Crippen molar-refractivity contribution in [3.8, 4) is 11.3 Å². The molecule has 0 amide bonds. The standard InChI is InChI=1S/C15H10BrNO3/c1-19-15(18)10-6-3-2-5-9(10)14-13-11(16)7-4-8-12(13)20-17-14/h2-8H,1H3. The predicted molar refractivity (Wildman–Crippen MR) is 78.5 cm³/mol. The number of carbonyl (C=O) groups is 1. The van der Waals surface area contributed by atoms with Gasteiger partial charge in [-0.3, -0.25) is 0 Å². The van der Waals surface area contributed by atoms with Crippen LogP contribution in [0.2, 0.25) is 0 Å². The Balaban J connectivity index is 2.29. The van der Waals surface area contributed by atoms with Crippen molar-refractivity contribution in [2.45, 2.75) is 0 Å². The van der Waals surface area contributed by atoms with Gasteiger partial charge in [0.1, 0.15) is 5.69 Å².